The Morgan fingerprint density at radius 3 is 2.22 bits per heavy atom. The zero-order valence-corrected chi connectivity index (χ0v) is 10.8. The molecule has 0 aliphatic heterocycles. The molecule has 94 valence electrons. The maximum atomic E-state index is 12.1. The molecule has 3 heteroatoms. The zero-order valence-electron chi connectivity index (χ0n) is 10.8. The summed E-state index contributed by atoms with van der Waals surface area (Å²) in [5.74, 6) is 0.0112. The minimum Gasteiger partial charge on any atom is -0.508 e. The van der Waals surface area contributed by atoms with Crippen LogP contribution in [0.3, 0.4) is 0 Å². The SMILES string of the molecule is CC(C)(C)c1cc(O)cc(=O)n1-c1ccccc1. The summed E-state index contributed by atoms with van der Waals surface area (Å²) in [7, 11) is 0. The van der Waals surface area contributed by atoms with Gasteiger partial charge in [0.15, 0.2) is 0 Å². The molecule has 0 unspecified atom stereocenters. The molecule has 0 amide bonds. The molecule has 0 fully saturated rings. The summed E-state index contributed by atoms with van der Waals surface area (Å²) >= 11 is 0. The van der Waals surface area contributed by atoms with Crippen LogP contribution < -0.4 is 5.56 Å². The molecule has 1 N–H and O–H groups in total. The number of aromatic nitrogens is 1. The molecule has 1 aromatic heterocycles. The van der Waals surface area contributed by atoms with E-state index >= 15 is 0 Å². The molecule has 1 heterocycles. The number of hydrogen-bond acceptors (Lipinski definition) is 2. The third-order valence-electron chi connectivity index (χ3n) is 2.80. The molecule has 2 rings (SSSR count). The molecule has 1 aromatic carbocycles. The second kappa shape index (κ2) is 4.33. The van der Waals surface area contributed by atoms with Crippen LogP contribution in [0, 0.1) is 0 Å². The average molecular weight is 243 g/mol. The van der Waals surface area contributed by atoms with E-state index in [4.69, 9.17) is 0 Å². The summed E-state index contributed by atoms with van der Waals surface area (Å²) in [6.07, 6.45) is 0. The van der Waals surface area contributed by atoms with E-state index in [2.05, 4.69) is 0 Å². The van der Waals surface area contributed by atoms with Crippen LogP contribution in [-0.2, 0) is 5.41 Å². The molecule has 0 aliphatic rings. The molecule has 0 atom stereocenters. The minimum atomic E-state index is -0.228. The maximum absolute atomic E-state index is 12.1. The van der Waals surface area contributed by atoms with Crippen LogP contribution in [0.2, 0.25) is 0 Å². The second-order valence-electron chi connectivity index (χ2n) is 5.36. The fraction of sp³-hybridized carbons (Fsp3) is 0.267. The van der Waals surface area contributed by atoms with Crippen LogP contribution in [0.5, 0.6) is 5.75 Å². The van der Waals surface area contributed by atoms with Crippen molar-refractivity contribution in [2.75, 3.05) is 0 Å². The van der Waals surface area contributed by atoms with Crippen molar-refractivity contribution in [3.63, 3.8) is 0 Å². The Morgan fingerprint density at radius 2 is 1.67 bits per heavy atom. The van der Waals surface area contributed by atoms with E-state index in [9.17, 15) is 9.90 Å². The highest BCUT2D eigenvalue weighted by Gasteiger charge is 2.20. The molecule has 2 aromatic rings. The van der Waals surface area contributed by atoms with Gasteiger partial charge in [0.25, 0.3) is 5.56 Å². The Morgan fingerprint density at radius 1 is 1.06 bits per heavy atom. The fourth-order valence-electron chi connectivity index (χ4n) is 1.95. The first-order valence-corrected chi connectivity index (χ1v) is 5.91. The monoisotopic (exact) mass is 243 g/mol. The standard InChI is InChI=1S/C15H17NO2/c1-15(2,3)13-9-12(17)10-14(18)16(13)11-7-5-4-6-8-11/h4-10,17H,1-3H3. The van der Waals surface area contributed by atoms with E-state index in [1.165, 1.54) is 6.07 Å². The largest absolute Gasteiger partial charge is 0.508 e. The third kappa shape index (κ3) is 2.30. The Labute approximate surface area is 106 Å². The van der Waals surface area contributed by atoms with Gasteiger partial charge in [-0.15, -0.1) is 0 Å². The lowest BCUT2D eigenvalue weighted by Gasteiger charge is -2.24. The van der Waals surface area contributed by atoms with E-state index < -0.39 is 0 Å². The number of pyridine rings is 1. The Bertz CT molecular complexity index is 607. The lowest BCUT2D eigenvalue weighted by atomic mass is 9.90. The summed E-state index contributed by atoms with van der Waals surface area (Å²) < 4.78 is 1.64. The third-order valence-corrected chi connectivity index (χ3v) is 2.80. The van der Waals surface area contributed by atoms with E-state index in [1.54, 1.807) is 10.6 Å². The van der Waals surface area contributed by atoms with Gasteiger partial charge in [0.2, 0.25) is 0 Å². The number of benzene rings is 1. The van der Waals surface area contributed by atoms with E-state index in [-0.39, 0.29) is 16.7 Å². The molecule has 0 radical (unpaired) electrons. The van der Waals surface area contributed by atoms with Crippen LogP contribution in [0.25, 0.3) is 5.69 Å². The first-order valence-electron chi connectivity index (χ1n) is 5.91. The van der Waals surface area contributed by atoms with Gasteiger partial charge in [-0.3, -0.25) is 9.36 Å². The molecule has 0 saturated heterocycles. The molecular formula is C15H17NO2. The molecule has 0 bridgehead atoms. The topological polar surface area (TPSA) is 42.2 Å². The van der Waals surface area contributed by atoms with Gasteiger partial charge in [0.05, 0.1) is 0 Å². The molecule has 18 heavy (non-hydrogen) atoms. The van der Waals surface area contributed by atoms with Crippen molar-refractivity contribution in [3.05, 3.63) is 58.5 Å². The number of rotatable bonds is 1. The van der Waals surface area contributed by atoms with Gasteiger partial charge in [0, 0.05) is 28.9 Å². The Balaban J connectivity index is 2.78. The summed E-state index contributed by atoms with van der Waals surface area (Å²) in [4.78, 5) is 12.1. The van der Waals surface area contributed by atoms with Crippen molar-refractivity contribution in [1.82, 2.24) is 4.57 Å². The van der Waals surface area contributed by atoms with Crippen LogP contribution in [0.4, 0.5) is 0 Å². The smallest absolute Gasteiger partial charge is 0.259 e. The first kappa shape index (κ1) is 12.4. The normalized spacial score (nSPS) is 11.5. The van der Waals surface area contributed by atoms with Gasteiger partial charge in [-0.05, 0) is 12.1 Å². The van der Waals surface area contributed by atoms with E-state index in [0.29, 0.717) is 0 Å². The minimum absolute atomic E-state index is 0.0112. The number of hydrogen-bond donors (Lipinski definition) is 1. The number of nitrogens with zero attached hydrogens (tertiary/aromatic N) is 1. The quantitative estimate of drug-likeness (QED) is 0.836. The number of aromatic hydroxyl groups is 1. The lowest BCUT2D eigenvalue weighted by Crippen LogP contribution is -2.27. The van der Waals surface area contributed by atoms with Crippen LogP contribution in [0.1, 0.15) is 26.5 Å². The van der Waals surface area contributed by atoms with Gasteiger partial charge in [-0.2, -0.15) is 0 Å². The van der Waals surface area contributed by atoms with Crippen LogP contribution in [-0.4, -0.2) is 9.67 Å². The highest BCUT2D eigenvalue weighted by atomic mass is 16.3. The lowest BCUT2D eigenvalue weighted by molar-refractivity contribution is 0.463. The van der Waals surface area contributed by atoms with Crippen molar-refractivity contribution in [2.24, 2.45) is 0 Å². The van der Waals surface area contributed by atoms with Gasteiger partial charge >= 0.3 is 0 Å². The molecule has 3 nitrogen and oxygen atoms in total. The summed E-state index contributed by atoms with van der Waals surface area (Å²) in [5.41, 5.74) is 1.16. The van der Waals surface area contributed by atoms with Gasteiger partial charge in [-0.1, -0.05) is 39.0 Å². The molecular weight excluding hydrogens is 226 g/mol. The predicted octanol–water partition coefficient (Wildman–Crippen LogP) is 2.84. The van der Waals surface area contributed by atoms with E-state index in [0.717, 1.165) is 11.4 Å². The fourth-order valence-corrected chi connectivity index (χ4v) is 1.95. The summed E-state index contributed by atoms with van der Waals surface area (Å²) in [6.45, 7) is 6.04. The first-order chi connectivity index (χ1) is 8.39. The molecule has 0 saturated carbocycles. The Hall–Kier alpha value is -2.03. The highest BCUT2D eigenvalue weighted by molar-refractivity contribution is 5.38. The molecule has 0 aliphatic carbocycles. The summed E-state index contributed by atoms with van der Waals surface area (Å²) in [5, 5.41) is 9.62. The van der Waals surface area contributed by atoms with Crippen LogP contribution >= 0.6 is 0 Å². The van der Waals surface area contributed by atoms with Crippen LogP contribution in [0.15, 0.2) is 47.3 Å². The average Bonchev–Trinajstić information content (AvgIpc) is 2.28. The second-order valence-corrected chi connectivity index (χ2v) is 5.36. The van der Waals surface area contributed by atoms with Crippen molar-refractivity contribution in [1.29, 1.82) is 0 Å². The van der Waals surface area contributed by atoms with Crippen molar-refractivity contribution < 1.29 is 5.11 Å². The Kier molecular flexibility index (Phi) is 2.99. The van der Waals surface area contributed by atoms with Crippen molar-refractivity contribution in [3.8, 4) is 11.4 Å². The zero-order chi connectivity index (χ0) is 13.3. The highest BCUT2D eigenvalue weighted by Crippen LogP contribution is 2.25. The maximum Gasteiger partial charge on any atom is 0.259 e. The van der Waals surface area contributed by atoms with Crippen molar-refractivity contribution in [2.45, 2.75) is 26.2 Å². The summed E-state index contributed by atoms with van der Waals surface area (Å²) in [6, 6.07) is 12.3. The van der Waals surface area contributed by atoms with Gasteiger partial charge < -0.3 is 5.11 Å². The van der Waals surface area contributed by atoms with E-state index in [1.807, 2.05) is 51.1 Å². The van der Waals surface area contributed by atoms with Crippen molar-refractivity contribution >= 4 is 0 Å². The van der Waals surface area contributed by atoms with Gasteiger partial charge in [-0.25, -0.2) is 0 Å². The van der Waals surface area contributed by atoms with Gasteiger partial charge in [0.1, 0.15) is 5.75 Å². The molecule has 0 spiro atoms. The number of para-hydroxylation sites is 1. The predicted molar refractivity (Wildman–Crippen MR) is 72.4 cm³/mol.